The average Bonchev–Trinajstić information content (AvgIpc) is 2.86. The van der Waals surface area contributed by atoms with Gasteiger partial charge < -0.3 is 32.1 Å². The Bertz CT molecular complexity index is 1180. The van der Waals surface area contributed by atoms with Gasteiger partial charge in [-0.05, 0) is 42.3 Å². The highest BCUT2D eigenvalue weighted by Crippen LogP contribution is 2.36. The smallest absolute Gasteiger partial charge is 0.261 e. The molecule has 9 heteroatoms. The quantitative estimate of drug-likeness (QED) is 0.361. The Hall–Kier alpha value is -4.11. The molecule has 3 aromatic rings. The monoisotopic (exact) mass is 418 g/mol. The van der Waals surface area contributed by atoms with Crippen molar-refractivity contribution in [2.45, 2.75) is 13.5 Å². The molecule has 1 aliphatic heterocycles. The summed E-state index contributed by atoms with van der Waals surface area (Å²) in [7, 11) is 0. The summed E-state index contributed by atoms with van der Waals surface area (Å²) in [5, 5.41) is 22.1. The molecular formula is C22H22N6O3. The molecule has 0 unspecified atom stereocenters. The maximum Gasteiger partial charge on any atom is 0.261 e. The van der Waals surface area contributed by atoms with E-state index in [1.807, 2.05) is 25.1 Å². The fourth-order valence-corrected chi connectivity index (χ4v) is 3.34. The van der Waals surface area contributed by atoms with Crippen molar-refractivity contribution in [3.8, 4) is 5.75 Å². The minimum Gasteiger partial charge on any atom is -0.508 e. The Kier molecular flexibility index (Phi) is 5.42. The van der Waals surface area contributed by atoms with Crippen molar-refractivity contribution < 1.29 is 14.7 Å². The first-order valence-corrected chi connectivity index (χ1v) is 9.66. The molecule has 0 fully saturated rings. The molecule has 0 aliphatic carbocycles. The number of carbonyl (C=O) groups is 2. The minimum atomic E-state index is -0.437. The van der Waals surface area contributed by atoms with Crippen LogP contribution < -0.4 is 27.0 Å². The fraction of sp³-hybridized carbons (Fsp3) is 0.136. The number of aromatic nitrogens is 1. The molecule has 2 aromatic carbocycles. The van der Waals surface area contributed by atoms with E-state index in [0.717, 1.165) is 11.1 Å². The van der Waals surface area contributed by atoms with E-state index < -0.39 is 5.91 Å². The number of aromatic hydroxyl groups is 1. The highest BCUT2D eigenvalue weighted by atomic mass is 16.3. The van der Waals surface area contributed by atoms with Crippen molar-refractivity contribution in [1.82, 2.24) is 10.3 Å². The predicted octanol–water partition coefficient (Wildman–Crippen LogP) is 2.72. The molecule has 9 nitrogen and oxygen atoms in total. The molecule has 0 atom stereocenters. The maximum atomic E-state index is 13.1. The van der Waals surface area contributed by atoms with E-state index in [-0.39, 0.29) is 18.2 Å². The van der Waals surface area contributed by atoms with Crippen molar-refractivity contribution in [1.29, 1.82) is 0 Å². The number of benzene rings is 2. The summed E-state index contributed by atoms with van der Waals surface area (Å²) in [6.45, 7) is 2.41. The van der Waals surface area contributed by atoms with E-state index in [1.54, 1.807) is 30.5 Å². The van der Waals surface area contributed by atoms with Crippen molar-refractivity contribution in [2.75, 3.05) is 22.5 Å². The Morgan fingerprint density at radius 3 is 2.74 bits per heavy atom. The lowest BCUT2D eigenvalue weighted by Gasteiger charge is -2.14. The predicted molar refractivity (Wildman–Crippen MR) is 119 cm³/mol. The fourth-order valence-electron chi connectivity index (χ4n) is 3.34. The van der Waals surface area contributed by atoms with E-state index in [9.17, 15) is 14.7 Å². The maximum absolute atomic E-state index is 13.1. The molecule has 158 valence electrons. The van der Waals surface area contributed by atoms with Crippen LogP contribution in [0.3, 0.4) is 0 Å². The van der Waals surface area contributed by atoms with Gasteiger partial charge in [-0.3, -0.25) is 9.59 Å². The molecule has 0 spiro atoms. The number of aryl methyl sites for hydroxylation is 1. The molecule has 31 heavy (non-hydrogen) atoms. The summed E-state index contributed by atoms with van der Waals surface area (Å²) in [6.07, 6.45) is 1.60. The van der Waals surface area contributed by atoms with Crippen LogP contribution in [0.4, 0.5) is 28.6 Å². The molecule has 0 saturated heterocycles. The first-order chi connectivity index (χ1) is 14.9. The SMILES string of the molecule is Cc1ccc(O)cc1Nc1ccnc2c1C(=O)Nc1cc(CNCC(N)=O)ccc1N2. The third kappa shape index (κ3) is 4.41. The van der Waals surface area contributed by atoms with Gasteiger partial charge in [-0.2, -0.15) is 0 Å². The number of carbonyl (C=O) groups excluding carboxylic acids is 2. The molecule has 2 heterocycles. The molecule has 1 aliphatic rings. The van der Waals surface area contributed by atoms with Gasteiger partial charge in [0.05, 0.1) is 23.6 Å². The number of amides is 2. The van der Waals surface area contributed by atoms with Crippen molar-refractivity contribution in [3.63, 3.8) is 0 Å². The molecule has 1 aromatic heterocycles. The number of phenolic OH excluding ortho intramolecular Hbond substituents is 1. The van der Waals surface area contributed by atoms with Crippen molar-refractivity contribution >= 4 is 40.4 Å². The van der Waals surface area contributed by atoms with E-state index in [4.69, 9.17) is 5.73 Å². The van der Waals surface area contributed by atoms with Gasteiger partial charge >= 0.3 is 0 Å². The zero-order valence-electron chi connectivity index (χ0n) is 16.8. The lowest BCUT2D eigenvalue weighted by molar-refractivity contribution is -0.117. The van der Waals surface area contributed by atoms with Gasteiger partial charge in [-0.1, -0.05) is 12.1 Å². The van der Waals surface area contributed by atoms with Crippen molar-refractivity contribution in [2.24, 2.45) is 5.73 Å². The highest BCUT2D eigenvalue weighted by Gasteiger charge is 2.24. The first-order valence-electron chi connectivity index (χ1n) is 9.66. The van der Waals surface area contributed by atoms with Crippen LogP contribution in [0.2, 0.25) is 0 Å². The number of hydrogen-bond acceptors (Lipinski definition) is 7. The van der Waals surface area contributed by atoms with Crippen LogP contribution in [-0.2, 0) is 11.3 Å². The minimum absolute atomic E-state index is 0.0700. The summed E-state index contributed by atoms with van der Waals surface area (Å²) in [4.78, 5) is 28.3. The van der Waals surface area contributed by atoms with Gasteiger partial charge in [0.15, 0.2) is 0 Å². The standard InChI is InChI=1S/C22H22N6O3/c1-12-2-4-14(29)9-17(12)26-16-6-7-25-21-20(16)22(31)28-18-8-13(3-5-15(18)27-21)10-24-11-19(23)30/h2-9,24,29H,10-11H2,1H3,(H2,23,30)(H,28,31)(H2,25,26,27). The number of nitrogens with zero attached hydrogens (tertiary/aromatic N) is 1. The molecule has 2 amide bonds. The second kappa shape index (κ2) is 8.33. The molecule has 7 N–H and O–H groups in total. The summed E-state index contributed by atoms with van der Waals surface area (Å²) >= 11 is 0. The van der Waals surface area contributed by atoms with Crippen LogP contribution in [0.5, 0.6) is 5.75 Å². The third-order valence-electron chi connectivity index (χ3n) is 4.88. The number of nitrogens with two attached hydrogens (primary N) is 1. The van der Waals surface area contributed by atoms with Crippen LogP contribution in [-0.4, -0.2) is 28.4 Å². The second-order valence-electron chi connectivity index (χ2n) is 7.24. The zero-order valence-corrected chi connectivity index (χ0v) is 16.8. The van der Waals surface area contributed by atoms with Crippen LogP contribution in [0, 0.1) is 6.92 Å². The number of nitrogens with one attached hydrogen (secondary N) is 4. The topological polar surface area (TPSA) is 141 Å². The number of rotatable bonds is 6. The van der Waals surface area contributed by atoms with E-state index in [1.165, 1.54) is 0 Å². The zero-order chi connectivity index (χ0) is 22.0. The van der Waals surface area contributed by atoms with Gasteiger partial charge in [-0.25, -0.2) is 4.98 Å². The largest absolute Gasteiger partial charge is 0.508 e. The average molecular weight is 418 g/mol. The number of primary amides is 1. The number of anilines is 5. The molecule has 0 radical (unpaired) electrons. The summed E-state index contributed by atoms with van der Waals surface area (Å²) < 4.78 is 0. The Balaban J connectivity index is 1.63. The van der Waals surface area contributed by atoms with Gasteiger partial charge in [0.1, 0.15) is 17.1 Å². The van der Waals surface area contributed by atoms with Crippen LogP contribution in [0.15, 0.2) is 48.7 Å². The highest BCUT2D eigenvalue weighted by molar-refractivity contribution is 6.15. The van der Waals surface area contributed by atoms with Crippen LogP contribution in [0.25, 0.3) is 0 Å². The second-order valence-corrected chi connectivity index (χ2v) is 7.24. The lowest BCUT2D eigenvalue weighted by atomic mass is 10.1. The Labute approximate surface area is 178 Å². The number of phenols is 1. The first kappa shape index (κ1) is 20.2. The van der Waals surface area contributed by atoms with Crippen LogP contribution in [0.1, 0.15) is 21.5 Å². The molecular weight excluding hydrogens is 396 g/mol. The molecule has 0 saturated carbocycles. The van der Waals surface area contributed by atoms with Gasteiger partial charge in [0.25, 0.3) is 5.91 Å². The molecule has 0 bridgehead atoms. The van der Waals surface area contributed by atoms with Gasteiger partial charge in [0.2, 0.25) is 5.91 Å². The Morgan fingerprint density at radius 2 is 1.94 bits per heavy atom. The lowest BCUT2D eigenvalue weighted by Crippen LogP contribution is -2.28. The number of pyridine rings is 1. The summed E-state index contributed by atoms with van der Waals surface area (Å²) in [5.41, 5.74) is 9.84. The molecule has 4 rings (SSSR count). The van der Waals surface area contributed by atoms with E-state index in [0.29, 0.717) is 40.7 Å². The van der Waals surface area contributed by atoms with Gasteiger partial charge in [0, 0.05) is 24.5 Å². The van der Waals surface area contributed by atoms with Crippen molar-refractivity contribution in [3.05, 3.63) is 65.4 Å². The van der Waals surface area contributed by atoms with E-state index >= 15 is 0 Å². The number of hydrogen-bond donors (Lipinski definition) is 6. The van der Waals surface area contributed by atoms with Gasteiger partial charge in [-0.15, -0.1) is 0 Å². The van der Waals surface area contributed by atoms with Crippen LogP contribution >= 0.6 is 0 Å². The summed E-state index contributed by atoms with van der Waals surface area (Å²) in [6, 6.07) is 12.3. The van der Waals surface area contributed by atoms with E-state index in [2.05, 4.69) is 26.3 Å². The normalized spacial score (nSPS) is 12.1. The summed E-state index contributed by atoms with van der Waals surface area (Å²) in [5.74, 6) is -0.218. The number of fused-ring (bicyclic) bond motifs is 2. The third-order valence-corrected chi connectivity index (χ3v) is 4.88. The Morgan fingerprint density at radius 1 is 1.10 bits per heavy atom.